The summed E-state index contributed by atoms with van der Waals surface area (Å²) in [6, 6.07) is 7.43. The van der Waals surface area contributed by atoms with Gasteiger partial charge in [-0.1, -0.05) is 25.1 Å². The summed E-state index contributed by atoms with van der Waals surface area (Å²) >= 11 is 2.16. The molecule has 0 aliphatic rings. The van der Waals surface area contributed by atoms with Gasteiger partial charge >= 0.3 is 0 Å². The number of oxime groups is 1. The molecule has 18 heavy (non-hydrogen) atoms. The molecule has 0 radical (unpaired) electrons. The lowest BCUT2D eigenvalue weighted by atomic mass is 9.94. The summed E-state index contributed by atoms with van der Waals surface area (Å²) in [5, 5.41) is 14.4. The van der Waals surface area contributed by atoms with Crippen molar-refractivity contribution in [3.63, 3.8) is 0 Å². The fraction of sp³-hybridized carbons (Fsp3) is 0.333. The van der Waals surface area contributed by atoms with Crippen molar-refractivity contribution in [3.8, 4) is 0 Å². The fourth-order valence-corrected chi connectivity index (χ4v) is 2.17. The molecule has 4 N–H and O–H groups in total. The van der Waals surface area contributed by atoms with E-state index >= 15 is 0 Å². The molecule has 0 saturated heterocycles. The second-order valence-electron chi connectivity index (χ2n) is 4.25. The summed E-state index contributed by atoms with van der Waals surface area (Å²) in [7, 11) is 0. The van der Waals surface area contributed by atoms with Gasteiger partial charge in [-0.3, -0.25) is 4.79 Å². The fourth-order valence-electron chi connectivity index (χ4n) is 1.63. The Hall–Kier alpha value is -1.31. The van der Waals surface area contributed by atoms with Gasteiger partial charge in [-0.05, 0) is 46.7 Å². The Morgan fingerprint density at radius 1 is 1.50 bits per heavy atom. The van der Waals surface area contributed by atoms with Crippen LogP contribution in [0.15, 0.2) is 29.4 Å². The molecule has 0 heterocycles. The number of amidine groups is 1. The molecule has 0 spiro atoms. The quantitative estimate of drug-likeness (QED) is 0.253. The zero-order chi connectivity index (χ0) is 13.7. The van der Waals surface area contributed by atoms with E-state index < -0.39 is 5.92 Å². The molecule has 0 aliphatic carbocycles. The number of nitrogens with zero attached hydrogens (tertiary/aromatic N) is 1. The molecule has 1 aromatic carbocycles. The Kier molecular flexibility index (Phi) is 5.39. The van der Waals surface area contributed by atoms with E-state index in [1.165, 1.54) is 0 Å². The first-order valence-corrected chi connectivity index (χ1v) is 6.57. The molecule has 5 nitrogen and oxygen atoms in total. The third-order valence-corrected chi connectivity index (χ3v) is 3.15. The summed E-state index contributed by atoms with van der Waals surface area (Å²) in [5.41, 5.74) is 6.24. The maximum absolute atomic E-state index is 12.1. The lowest BCUT2D eigenvalue weighted by Crippen LogP contribution is -2.38. The summed E-state index contributed by atoms with van der Waals surface area (Å²) in [4.78, 5) is 12.1. The average Bonchev–Trinajstić information content (AvgIpc) is 2.28. The van der Waals surface area contributed by atoms with E-state index in [0.717, 1.165) is 3.57 Å². The number of nitrogens with one attached hydrogen (secondary N) is 1. The molecule has 0 bridgehead atoms. The molecule has 0 aromatic heterocycles. The van der Waals surface area contributed by atoms with Crippen molar-refractivity contribution in [3.05, 3.63) is 27.8 Å². The first kappa shape index (κ1) is 14.7. The summed E-state index contributed by atoms with van der Waals surface area (Å²) in [5.74, 6) is -1.05. The standard InChI is InChI=1S/C12H16IN3O2/c1-7(2)10(11(14)16-18)12(17)15-9-5-3-4-8(13)6-9/h3-7,10,18H,1-2H3,(H2,14,16)(H,15,17). The van der Waals surface area contributed by atoms with Gasteiger partial charge in [0.25, 0.3) is 0 Å². The predicted molar refractivity (Wildman–Crippen MR) is 79.5 cm³/mol. The number of hydrogen-bond acceptors (Lipinski definition) is 3. The van der Waals surface area contributed by atoms with Gasteiger partial charge in [0.1, 0.15) is 5.92 Å². The smallest absolute Gasteiger partial charge is 0.235 e. The van der Waals surface area contributed by atoms with Crippen LogP contribution in [-0.4, -0.2) is 17.0 Å². The zero-order valence-corrected chi connectivity index (χ0v) is 12.4. The highest BCUT2D eigenvalue weighted by molar-refractivity contribution is 14.1. The molecule has 1 unspecified atom stereocenters. The minimum absolute atomic E-state index is 0.0521. The third-order valence-electron chi connectivity index (χ3n) is 2.48. The van der Waals surface area contributed by atoms with Crippen LogP contribution in [0.4, 0.5) is 5.69 Å². The number of carbonyl (C=O) groups excluding carboxylic acids is 1. The number of anilines is 1. The van der Waals surface area contributed by atoms with Crippen molar-refractivity contribution in [2.24, 2.45) is 22.7 Å². The first-order chi connectivity index (χ1) is 8.45. The van der Waals surface area contributed by atoms with Crippen molar-refractivity contribution in [1.82, 2.24) is 0 Å². The molecule has 98 valence electrons. The maximum atomic E-state index is 12.1. The van der Waals surface area contributed by atoms with Gasteiger partial charge in [-0.2, -0.15) is 0 Å². The van der Waals surface area contributed by atoms with Crippen molar-refractivity contribution >= 4 is 40.0 Å². The lowest BCUT2D eigenvalue weighted by Gasteiger charge is -2.18. The first-order valence-electron chi connectivity index (χ1n) is 5.49. The van der Waals surface area contributed by atoms with E-state index in [1.54, 1.807) is 6.07 Å². The molecule has 0 fully saturated rings. The van der Waals surface area contributed by atoms with Gasteiger partial charge < -0.3 is 16.3 Å². The van der Waals surface area contributed by atoms with Crippen LogP contribution in [0.3, 0.4) is 0 Å². The van der Waals surface area contributed by atoms with E-state index in [1.807, 2.05) is 32.0 Å². The Morgan fingerprint density at radius 2 is 2.17 bits per heavy atom. The van der Waals surface area contributed by atoms with Gasteiger partial charge in [-0.25, -0.2) is 0 Å². The number of benzene rings is 1. The molecule has 1 rings (SSSR count). The monoisotopic (exact) mass is 361 g/mol. The largest absolute Gasteiger partial charge is 0.409 e. The third kappa shape index (κ3) is 3.86. The molecule has 0 aliphatic heterocycles. The highest BCUT2D eigenvalue weighted by Crippen LogP contribution is 2.17. The predicted octanol–water partition coefficient (Wildman–Crippen LogP) is 2.25. The van der Waals surface area contributed by atoms with Gasteiger partial charge in [0.05, 0.1) is 0 Å². The van der Waals surface area contributed by atoms with Crippen molar-refractivity contribution in [2.45, 2.75) is 13.8 Å². The van der Waals surface area contributed by atoms with Crippen LogP contribution < -0.4 is 11.1 Å². The van der Waals surface area contributed by atoms with E-state index in [4.69, 9.17) is 10.9 Å². The highest BCUT2D eigenvalue weighted by Gasteiger charge is 2.26. The molecule has 1 amide bonds. The van der Waals surface area contributed by atoms with Gasteiger partial charge in [0.2, 0.25) is 5.91 Å². The van der Waals surface area contributed by atoms with Crippen molar-refractivity contribution in [2.75, 3.05) is 5.32 Å². The molecular formula is C12H16IN3O2. The Morgan fingerprint density at radius 3 is 2.67 bits per heavy atom. The van der Waals surface area contributed by atoms with E-state index in [9.17, 15) is 4.79 Å². The number of hydrogen-bond donors (Lipinski definition) is 3. The topological polar surface area (TPSA) is 87.7 Å². The molecule has 1 atom stereocenters. The van der Waals surface area contributed by atoms with Gasteiger partial charge in [0.15, 0.2) is 5.84 Å². The molecule has 1 aromatic rings. The summed E-state index contributed by atoms with van der Waals surface area (Å²) in [6.07, 6.45) is 0. The van der Waals surface area contributed by atoms with Crippen LogP contribution >= 0.6 is 22.6 Å². The molecular weight excluding hydrogens is 345 g/mol. The van der Waals surface area contributed by atoms with E-state index in [-0.39, 0.29) is 17.7 Å². The number of halogens is 1. The second-order valence-corrected chi connectivity index (χ2v) is 5.49. The average molecular weight is 361 g/mol. The van der Waals surface area contributed by atoms with Crippen LogP contribution in [-0.2, 0) is 4.79 Å². The Bertz CT molecular complexity index is 460. The molecule has 6 heteroatoms. The van der Waals surface area contributed by atoms with Crippen LogP contribution in [0.25, 0.3) is 0 Å². The van der Waals surface area contributed by atoms with E-state index in [0.29, 0.717) is 5.69 Å². The SMILES string of the molecule is CC(C)C(C(=O)Nc1cccc(I)c1)/C(N)=N/O. The normalized spacial score (nSPS) is 13.4. The van der Waals surface area contributed by atoms with Crippen LogP contribution in [0.2, 0.25) is 0 Å². The summed E-state index contributed by atoms with van der Waals surface area (Å²) < 4.78 is 1.02. The zero-order valence-electron chi connectivity index (χ0n) is 10.2. The highest BCUT2D eigenvalue weighted by atomic mass is 127. The summed E-state index contributed by atoms with van der Waals surface area (Å²) in [6.45, 7) is 3.69. The number of carbonyl (C=O) groups is 1. The molecule has 0 saturated carbocycles. The van der Waals surface area contributed by atoms with Crippen LogP contribution in [0.5, 0.6) is 0 Å². The maximum Gasteiger partial charge on any atom is 0.235 e. The van der Waals surface area contributed by atoms with E-state index in [2.05, 4.69) is 33.1 Å². The lowest BCUT2D eigenvalue weighted by molar-refractivity contribution is -0.119. The Labute approximate surface area is 120 Å². The second kappa shape index (κ2) is 6.58. The van der Waals surface area contributed by atoms with Crippen LogP contribution in [0.1, 0.15) is 13.8 Å². The van der Waals surface area contributed by atoms with Crippen LogP contribution in [0, 0.1) is 15.4 Å². The number of nitrogens with two attached hydrogens (primary N) is 1. The van der Waals surface area contributed by atoms with Gasteiger partial charge in [0, 0.05) is 9.26 Å². The number of amides is 1. The minimum atomic E-state index is -0.645. The number of rotatable bonds is 4. The minimum Gasteiger partial charge on any atom is -0.409 e. The van der Waals surface area contributed by atoms with Gasteiger partial charge in [-0.15, -0.1) is 0 Å². The van der Waals surface area contributed by atoms with Crippen molar-refractivity contribution in [1.29, 1.82) is 0 Å². The Balaban J connectivity index is 2.86. The van der Waals surface area contributed by atoms with Crippen molar-refractivity contribution < 1.29 is 10.0 Å².